The van der Waals surface area contributed by atoms with E-state index in [1.165, 1.54) is 0 Å². The van der Waals surface area contributed by atoms with Gasteiger partial charge in [-0.15, -0.1) is 0 Å². The van der Waals surface area contributed by atoms with Crippen LogP contribution in [0.25, 0.3) is 0 Å². The molecule has 2 nitrogen and oxygen atoms in total. The van der Waals surface area contributed by atoms with Gasteiger partial charge in [-0.3, -0.25) is 0 Å². The van der Waals surface area contributed by atoms with Crippen molar-refractivity contribution in [3.8, 4) is 0 Å². The topological polar surface area (TPSA) is 22.0 Å². The molecule has 0 spiro atoms. The Hall–Kier alpha value is -1.74. The van der Waals surface area contributed by atoms with Gasteiger partial charge in [-0.05, 0) is 24.1 Å². The molecule has 0 saturated carbocycles. The van der Waals surface area contributed by atoms with Gasteiger partial charge in [0, 0.05) is 12.2 Å². The van der Waals surface area contributed by atoms with Crippen LogP contribution in [-0.4, -0.2) is 15.7 Å². The number of thiocarbonyl (C=S) groups is 1. The molecule has 18 heavy (non-hydrogen) atoms. The first-order valence-corrected chi connectivity index (χ1v) is 6.46. The molecule has 0 bridgehead atoms. The van der Waals surface area contributed by atoms with Crippen molar-refractivity contribution in [2.45, 2.75) is 18.9 Å². The van der Waals surface area contributed by atoms with Crippen molar-refractivity contribution in [2.24, 2.45) is 0 Å². The summed E-state index contributed by atoms with van der Waals surface area (Å²) < 4.78 is 2.17. The lowest BCUT2D eigenvalue weighted by Gasteiger charge is -2.07. The molecule has 0 amide bonds. The zero-order valence-electron chi connectivity index (χ0n) is 9.87. The number of benzene rings is 1. The molecule has 1 atom stereocenters. The average molecular weight is 255 g/mol. The normalized spacial score (nSPS) is 17.4. The lowest BCUT2D eigenvalue weighted by Crippen LogP contribution is -2.07. The second-order valence-electron chi connectivity index (χ2n) is 4.52. The number of rotatable bonds is 3. The predicted octanol–water partition coefficient (Wildman–Crippen LogP) is 2.94. The van der Waals surface area contributed by atoms with E-state index in [0.717, 1.165) is 41.1 Å². The second-order valence-corrected chi connectivity index (χ2v) is 4.93. The van der Waals surface area contributed by atoms with Crippen LogP contribution in [-0.2, 0) is 11.3 Å². The molecule has 3 rings (SSSR count). The Morgan fingerprint density at radius 3 is 2.72 bits per heavy atom. The van der Waals surface area contributed by atoms with Crippen molar-refractivity contribution in [1.29, 1.82) is 0 Å². The van der Waals surface area contributed by atoms with Gasteiger partial charge in [0.1, 0.15) is 6.29 Å². The Morgan fingerprint density at radius 2 is 2.00 bits per heavy atom. The molecule has 90 valence electrons. The molecule has 0 fully saturated rings. The van der Waals surface area contributed by atoms with Crippen LogP contribution in [0, 0.1) is 0 Å². The first-order chi connectivity index (χ1) is 8.81. The highest BCUT2D eigenvalue weighted by Crippen LogP contribution is 2.29. The van der Waals surface area contributed by atoms with Crippen LogP contribution in [0.2, 0.25) is 0 Å². The van der Waals surface area contributed by atoms with Crippen LogP contribution >= 0.6 is 12.2 Å². The molecule has 3 heteroatoms. The molecule has 2 heterocycles. The number of nitrogens with zero attached hydrogens (tertiary/aromatic N) is 1. The second kappa shape index (κ2) is 4.50. The third-order valence-electron chi connectivity index (χ3n) is 3.49. The molecule has 0 radical (unpaired) electrons. The maximum absolute atomic E-state index is 11.0. The summed E-state index contributed by atoms with van der Waals surface area (Å²) in [5, 5.41) is 0. The number of hydrogen-bond donors (Lipinski definition) is 0. The van der Waals surface area contributed by atoms with Crippen LogP contribution in [0.5, 0.6) is 0 Å². The Morgan fingerprint density at radius 1 is 1.22 bits per heavy atom. The van der Waals surface area contributed by atoms with Crippen molar-refractivity contribution < 1.29 is 4.79 Å². The number of aldehydes is 1. The molecular weight excluding hydrogens is 242 g/mol. The number of fused-ring (bicyclic) bond motifs is 1. The van der Waals surface area contributed by atoms with Crippen molar-refractivity contribution in [3.05, 3.63) is 59.4 Å². The van der Waals surface area contributed by atoms with E-state index in [-0.39, 0.29) is 5.92 Å². The third-order valence-corrected chi connectivity index (χ3v) is 3.94. The van der Waals surface area contributed by atoms with E-state index < -0.39 is 0 Å². The summed E-state index contributed by atoms with van der Waals surface area (Å²) >= 11 is 5.55. The highest BCUT2D eigenvalue weighted by atomic mass is 32.1. The van der Waals surface area contributed by atoms with E-state index in [1.807, 2.05) is 42.5 Å². The van der Waals surface area contributed by atoms with Crippen molar-refractivity contribution in [3.63, 3.8) is 0 Å². The van der Waals surface area contributed by atoms with Gasteiger partial charge in [0.05, 0.1) is 16.5 Å². The summed E-state index contributed by atoms with van der Waals surface area (Å²) in [6.45, 7) is 0.883. The Balaban J connectivity index is 2.00. The fourth-order valence-electron chi connectivity index (χ4n) is 2.55. The molecule has 1 unspecified atom stereocenters. The van der Waals surface area contributed by atoms with Gasteiger partial charge < -0.3 is 9.36 Å². The summed E-state index contributed by atoms with van der Waals surface area (Å²) in [4.78, 5) is 11.8. The van der Waals surface area contributed by atoms with Gasteiger partial charge in [-0.2, -0.15) is 0 Å². The Kier molecular flexibility index (Phi) is 2.84. The molecule has 1 aliphatic heterocycles. The first-order valence-electron chi connectivity index (χ1n) is 6.05. The van der Waals surface area contributed by atoms with Gasteiger partial charge in [0.15, 0.2) is 0 Å². The summed E-state index contributed by atoms with van der Waals surface area (Å²) in [6.07, 6.45) is 1.93. The van der Waals surface area contributed by atoms with Gasteiger partial charge in [0.2, 0.25) is 0 Å². The zero-order chi connectivity index (χ0) is 12.5. The molecule has 2 aromatic rings. The summed E-state index contributed by atoms with van der Waals surface area (Å²) in [5.74, 6) is 0.0392. The van der Waals surface area contributed by atoms with Crippen LogP contribution in [0.3, 0.4) is 0 Å². The lowest BCUT2D eigenvalue weighted by atomic mass is 10.1. The highest BCUT2D eigenvalue weighted by Gasteiger charge is 2.25. The number of aromatic nitrogens is 1. The van der Waals surface area contributed by atoms with E-state index in [0.29, 0.717) is 0 Å². The summed E-state index contributed by atoms with van der Waals surface area (Å²) in [7, 11) is 0. The van der Waals surface area contributed by atoms with Gasteiger partial charge in [0.25, 0.3) is 0 Å². The maximum atomic E-state index is 11.0. The van der Waals surface area contributed by atoms with E-state index in [1.54, 1.807) is 0 Å². The number of hydrogen-bond acceptors (Lipinski definition) is 2. The van der Waals surface area contributed by atoms with Crippen LogP contribution in [0.15, 0.2) is 42.5 Å². The first kappa shape index (κ1) is 11.4. The predicted molar refractivity (Wildman–Crippen MR) is 75.1 cm³/mol. The fraction of sp³-hybridized carbons (Fsp3) is 0.200. The van der Waals surface area contributed by atoms with E-state index in [4.69, 9.17) is 12.2 Å². The average Bonchev–Trinajstić information content (AvgIpc) is 2.99. The van der Waals surface area contributed by atoms with Crippen molar-refractivity contribution >= 4 is 23.4 Å². The SMILES string of the molecule is O=CC1CCn2c(C(=S)c3ccccc3)ccc21. The Labute approximate surface area is 111 Å². The summed E-state index contributed by atoms with van der Waals surface area (Å²) in [6, 6.07) is 14.1. The Bertz CT molecular complexity index is 600. The third kappa shape index (κ3) is 1.71. The zero-order valence-corrected chi connectivity index (χ0v) is 10.7. The molecule has 0 aliphatic carbocycles. The maximum Gasteiger partial charge on any atom is 0.129 e. The van der Waals surface area contributed by atoms with Gasteiger partial charge in [-0.25, -0.2) is 0 Å². The van der Waals surface area contributed by atoms with Crippen molar-refractivity contribution in [1.82, 2.24) is 4.57 Å². The molecule has 1 aromatic carbocycles. The van der Waals surface area contributed by atoms with Crippen LogP contribution < -0.4 is 0 Å². The van der Waals surface area contributed by atoms with Gasteiger partial charge in [-0.1, -0.05) is 42.5 Å². The highest BCUT2D eigenvalue weighted by molar-refractivity contribution is 7.81. The lowest BCUT2D eigenvalue weighted by molar-refractivity contribution is -0.109. The van der Waals surface area contributed by atoms with E-state index in [2.05, 4.69) is 4.57 Å². The monoisotopic (exact) mass is 255 g/mol. The molecule has 0 N–H and O–H groups in total. The van der Waals surface area contributed by atoms with Crippen LogP contribution in [0.4, 0.5) is 0 Å². The quantitative estimate of drug-likeness (QED) is 0.478. The molecule has 1 aromatic heterocycles. The minimum atomic E-state index is 0.0392. The largest absolute Gasteiger partial charge is 0.343 e. The number of carbonyl (C=O) groups is 1. The smallest absolute Gasteiger partial charge is 0.129 e. The van der Waals surface area contributed by atoms with Crippen LogP contribution in [0.1, 0.15) is 29.3 Å². The van der Waals surface area contributed by atoms with E-state index >= 15 is 0 Å². The summed E-state index contributed by atoms with van der Waals surface area (Å²) in [5.41, 5.74) is 3.21. The minimum absolute atomic E-state index is 0.0392. The van der Waals surface area contributed by atoms with E-state index in [9.17, 15) is 4.79 Å². The standard InChI is InChI=1S/C15H13NOS/c17-10-12-8-9-16-13(12)6-7-14(16)15(18)11-4-2-1-3-5-11/h1-7,10,12H,8-9H2. The molecule has 0 saturated heterocycles. The van der Waals surface area contributed by atoms with Crippen molar-refractivity contribution in [2.75, 3.05) is 0 Å². The minimum Gasteiger partial charge on any atom is -0.343 e. The molecular formula is C15H13NOS. The number of carbonyl (C=O) groups excluding carboxylic acids is 1. The van der Waals surface area contributed by atoms with Gasteiger partial charge >= 0.3 is 0 Å². The molecule has 1 aliphatic rings. The fourth-order valence-corrected chi connectivity index (χ4v) is 2.86.